The summed E-state index contributed by atoms with van der Waals surface area (Å²) in [6.07, 6.45) is 0. The van der Waals surface area contributed by atoms with Crippen LogP contribution in [0, 0.1) is 0 Å². The number of methoxy groups -OCH3 is 2. The van der Waals surface area contributed by atoms with Crippen LogP contribution in [0.5, 0.6) is 5.75 Å². The molecule has 2 aromatic carbocycles. The number of hydrogen-bond acceptors (Lipinski definition) is 6. The number of nitrogens with zero attached hydrogens (tertiary/aromatic N) is 2. The van der Waals surface area contributed by atoms with Crippen LogP contribution in [0.3, 0.4) is 0 Å². The van der Waals surface area contributed by atoms with E-state index < -0.39 is 5.97 Å². The van der Waals surface area contributed by atoms with Gasteiger partial charge in [0, 0.05) is 52.8 Å². The van der Waals surface area contributed by atoms with Gasteiger partial charge in [0.05, 0.1) is 26.5 Å². The van der Waals surface area contributed by atoms with Gasteiger partial charge in [0.2, 0.25) is 5.91 Å². The highest BCUT2D eigenvalue weighted by atomic mass is 79.9. The molecule has 1 amide bonds. The monoisotopic (exact) mass is 514 g/mol. The predicted molar refractivity (Wildman–Crippen MR) is 132 cm³/mol. The normalized spacial score (nSPS) is 16.6. The maximum absolute atomic E-state index is 13.0. The minimum Gasteiger partial charge on any atom is -0.497 e. The van der Waals surface area contributed by atoms with E-state index in [-0.39, 0.29) is 24.2 Å². The van der Waals surface area contributed by atoms with E-state index in [1.54, 1.807) is 7.11 Å². The Hall–Kier alpha value is -3.04. The lowest BCUT2D eigenvalue weighted by Gasteiger charge is -2.41. The van der Waals surface area contributed by atoms with E-state index in [4.69, 9.17) is 9.47 Å². The van der Waals surface area contributed by atoms with E-state index in [0.29, 0.717) is 5.69 Å². The average molecular weight is 515 g/mol. The quantitative estimate of drug-likeness (QED) is 0.485. The highest BCUT2D eigenvalue weighted by Crippen LogP contribution is 2.31. The summed E-state index contributed by atoms with van der Waals surface area (Å²) in [7, 11) is 2.98. The van der Waals surface area contributed by atoms with Gasteiger partial charge in [-0.05, 0) is 37.3 Å². The number of H-pyrrole nitrogens is 1. The Morgan fingerprint density at radius 2 is 2.00 bits per heavy atom. The van der Waals surface area contributed by atoms with Crippen LogP contribution in [0.15, 0.2) is 46.9 Å². The van der Waals surface area contributed by atoms with E-state index in [1.165, 1.54) is 7.11 Å². The molecule has 1 aromatic heterocycles. The highest BCUT2D eigenvalue weighted by molar-refractivity contribution is 9.10. The number of benzene rings is 2. The molecule has 8 nitrogen and oxygen atoms in total. The number of ether oxygens (including phenoxy) is 2. The molecular formula is C24H27BrN4O4. The topological polar surface area (TPSA) is 86.9 Å². The van der Waals surface area contributed by atoms with Crippen molar-refractivity contribution in [3.05, 3.63) is 52.6 Å². The third kappa shape index (κ3) is 4.99. The summed E-state index contributed by atoms with van der Waals surface area (Å²) >= 11 is 3.45. The van der Waals surface area contributed by atoms with Gasteiger partial charge in [-0.2, -0.15) is 0 Å². The van der Waals surface area contributed by atoms with E-state index in [0.717, 1.165) is 46.4 Å². The van der Waals surface area contributed by atoms with Crippen molar-refractivity contribution in [2.45, 2.75) is 13.0 Å². The van der Waals surface area contributed by atoms with Gasteiger partial charge in [-0.25, -0.2) is 4.79 Å². The van der Waals surface area contributed by atoms with Gasteiger partial charge in [-0.15, -0.1) is 0 Å². The van der Waals surface area contributed by atoms with Gasteiger partial charge in [0.25, 0.3) is 0 Å². The molecule has 1 saturated heterocycles. The number of aromatic amines is 1. The Bertz CT molecular complexity index is 1180. The fraction of sp³-hybridized carbons (Fsp3) is 0.333. The van der Waals surface area contributed by atoms with E-state index >= 15 is 0 Å². The highest BCUT2D eigenvalue weighted by Gasteiger charge is 2.27. The third-order valence-electron chi connectivity index (χ3n) is 5.88. The number of carbonyl (C=O) groups excluding carboxylic acids is 2. The van der Waals surface area contributed by atoms with Gasteiger partial charge in [-0.3, -0.25) is 9.69 Å². The molecular weight excluding hydrogens is 488 g/mol. The average Bonchev–Trinajstić information content (AvgIpc) is 3.16. The van der Waals surface area contributed by atoms with Crippen molar-refractivity contribution in [1.82, 2.24) is 9.88 Å². The lowest BCUT2D eigenvalue weighted by atomic mass is 10.1. The zero-order valence-electron chi connectivity index (χ0n) is 18.9. The first-order valence-corrected chi connectivity index (χ1v) is 11.5. The van der Waals surface area contributed by atoms with Gasteiger partial charge < -0.3 is 24.7 Å². The van der Waals surface area contributed by atoms with Gasteiger partial charge in [0.1, 0.15) is 11.4 Å². The van der Waals surface area contributed by atoms with Crippen LogP contribution in [0.2, 0.25) is 0 Å². The van der Waals surface area contributed by atoms with Crippen molar-refractivity contribution in [2.75, 3.05) is 50.6 Å². The molecule has 33 heavy (non-hydrogen) atoms. The van der Waals surface area contributed by atoms with Gasteiger partial charge >= 0.3 is 5.97 Å². The van der Waals surface area contributed by atoms with Gasteiger partial charge in [-0.1, -0.05) is 22.0 Å². The maximum atomic E-state index is 13.0. The number of fused-ring (bicyclic) bond motifs is 1. The molecule has 1 aliphatic heterocycles. The minimum atomic E-state index is -0.529. The molecule has 2 heterocycles. The number of aromatic nitrogens is 1. The number of nitrogens with one attached hydrogen (secondary N) is 2. The molecule has 0 saturated carbocycles. The second-order valence-electron chi connectivity index (χ2n) is 8.08. The van der Waals surface area contributed by atoms with Crippen LogP contribution in [-0.4, -0.2) is 68.2 Å². The molecule has 3 aromatic rings. The number of amides is 1. The van der Waals surface area contributed by atoms with Crippen molar-refractivity contribution in [3.8, 4) is 5.75 Å². The van der Waals surface area contributed by atoms with Crippen LogP contribution in [0.25, 0.3) is 10.9 Å². The fourth-order valence-corrected chi connectivity index (χ4v) is 4.64. The molecule has 0 aliphatic carbocycles. The Balaban J connectivity index is 1.45. The summed E-state index contributed by atoms with van der Waals surface area (Å²) < 4.78 is 11.1. The predicted octanol–water partition coefficient (Wildman–Crippen LogP) is 3.87. The van der Waals surface area contributed by atoms with Gasteiger partial charge in [0.15, 0.2) is 0 Å². The number of hydrogen-bond donors (Lipinski definition) is 2. The molecule has 1 aliphatic rings. The maximum Gasteiger partial charge on any atom is 0.356 e. The second-order valence-corrected chi connectivity index (χ2v) is 9.00. The molecule has 0 spiro atoms. The number of halogens is 1. The first-order chi connectivity index (χ1) is 15.9. The Morgan fingerprint density at radius 3 is 2.73 bits per heavy atom. The fourth-order valence-electron chi connectivity index (χ4n) is 4.28. The Labute approximate surface area is 201 Å². The minimum absolute atomic E-state index is 0.178. The van der Waals surface area contributed by atoms with E-state index in [9.17, 15) is 9.59 Å². The summed E-state index contributed by atoms with van der Waals surface area (Å²) in [6, 6.07) is 13.8. The largest absolute Gasteiger partial charge is 0.497 e. The van der Waals surface area contributed by atoms with Crippen molar-refractivity contribution in [3.63, 3.8) is 0 Å². The van der Waals surface area contributed by atoms with Crippen LogP contribution < -0.4 is 15.0 Å². The summed E-state index contributed by atoms with van der Waals surface area (Å²) in [5, 5.41) is 3.68. The van der Waals surface area contributed by atoms with Crippen LogP contribution in [0.4, 0.5) is 11.4 Å². The summed E-state index contributed by atoms with van der Waals surface area (Å²) in [5.74, 6) is 0.120. The molecule has 174 valence electrons. The molecule has 0 unspecified atom stereocenters. The van der Waals surface area contributed by atoms with E-state index in [1.807, 2.05) is 36.4 Å². The Kier molecular flexibility index (Phi) is 6.90. The van der Waals surface area contributed by atoms with Crippen molar-refractivity contribution in [1.29, 1.82) is 0 Å². The molecule has 2 N–H and O–H groups in total. The third-order valence-corrected chi connectivity index (χ3v) is 6.37. The number of esters is 1. The smallest absolute Gasteiger partial charge is 0.356 e. The number of rotatable bonds is 6. The number of anilines is 2. The zero-order valence-corrected chi connectivity index (χ0v) is 20.4. The Morgan fingerprint density at radius 1 is 1.18 bits per heavy atom. The number of carbonyl (C=O) groups is 2. The van der Waals surface area contributed by atoms with Crippen LogP contribution in [0.1, 0.15) is 17.4 Å². The van der Waals surface area contributed by atoms with Crippen LogP contribution >= 0.6 is 15.9 Å². The molecule has 9 heteroatoms. The lowest BCUT2D eigenvalue weighted by molar-refractivity contribution is -0.117. The summed E-state index contributed by atoms with van der Waals surface area (Å²) in [4.78, 5) is 32.7. The number of piperazine rings is 1. The standard InChI is InChI=1S/C24H27BrN4O4/c1-15-13-28(9-10-29(15)17-5-4-6-18(12-17)32-2)14-21(30)27-22-19-11-16(25)7-8-20(19)26-23(22)24(31)33-3/h4-8,11-12,15,26H,9-10,13-14H2,1-3H3,(H,27,30)/t15-/m1/s1. The SMILES string of the molecule is COC(=O)c1[nH]c2ccc(Br)cc2c1NC(=O)CN1CCN(c2cccc(OC)c2)[C@H](C)C1. The van der Waals surface area contributed by atoms with Crippen molar-refractivity contribution < 1.29 is 19.1 Å². The van der Waals surface area contributed by atoms with Crippen molar-refractivity contribution >= 4 is 50.1 Å². The summed E-state index contributed by atoms with van der Waals surface area (Å²) in [6.45, 7) is 4.68. The first kappa shape index (κ1) is 23.1. The van der Waals surface area contributed by atoms with Crippen LogP contribution in [-0.2, 0) is 9.53 Å². The molecule has 4 rings (SSSR count). The molecule has 1 fully saturated rings. The van der Waals surface area contributed by atoms with E-state index in [2.05, 4.69) is 49.0 Å². The first-order valence-electron chi connectivity index (χ1n) is 10.7. The van der Waals surface area contributed by atoms with Crippen molar-refractivity contribution in [2.24, 2.45) is 0 Å². The zero-order chi connectivity index (χ0) is 23.5. The summed E-state index contributed by atoms with van der Waals surface area (Å²) in [5.41, 5.74) is 2.52. The second kappa shape index (κ2) is 9.84. The molecule has 1 atom stereocenters. The lowest BCUT2D eigenvalue weighted by Crippen LogP contribution is -2.53. The molecule has 0 bridgehead atoms. The molecule has 0 radical (unpaired) electrons.